The summed E-state index contributed by atoms with van der Waals surface area (Å²) in [6.07, 6.45) is 0.701. The van der Waals surface area contributed by atoms with Gasteiger partial charge >= 0.3 is 0 Å². The maximum absolute atomic E-state index is 4.60. The van der Waals surface area contributed by atoms with Crippen LogP contribution in [-0.4, -0.2) is 11.4 Å². The molecule has 0 saturated heterocycles. The molecule has 4 nitrogen and oxygen atoms in total. The van der Waals surface area contributed by atoms with Gasteiger partial charge in [0, 0.05) is 6.42 Å². The van der Waals surface area contributed by atoms with E-state index in [9.17, 15) is 0 Å². The molecule has 0 bridgehead atoms. The Bertz CT molecular complexity index is 856. The average Bonchev–Trinajstić information content (AvgIpc) is 2.71. The predicted molar refractivity (Wildman–Crippen MR) is 111 cm³/mol. The molecule has 26 heavy (non-hydrogen) atoms. The minimum Gasteiger partial charge on any atom is -0.278 e. The first-order valence-electron chi connectivity index (χ1n) is 8.58. The van der Waals surface area contributed by atoms with Crippen LogP contribution in [0.25, 0.3) is 0 Å². The van der Waals surface area contributed by atoms with Gasteiger partial charge in [-0.15, -0.1) is 0 Å². The van der Waals surface area contributed by atoms with E-state index in [1.54, 1.807) is 0 Å². The normalized spacial score (nSPS) is 11.9. The van der Waals surface area contributed by atoms with E-state index in [4.69, 9.17) is 0 Å². The molecule has 0 aliphatic carbocycles. The van der Waals surface area contributed by atoms with Crippen molar-refractivity contribution in [2.24, 2.45) is 10.2 Å². The topological polar surface area (TPSA) is 48.8 Å². The molecule has 0 atom stereocenters. The van der Waals surface area contributed by atoms with Crippen LogP contribution < -0.4 is 10.9 Å². The van der Waals surface area contributed by atoms with Gasteiger partial charge in [0.05, 0.1) is 22.8 Å². The molecule has 130 valence electrons. The summed E-state index contributed by atoms with van der Waals surface area (Å²) in [6.45, 7) is 1.96. The molecule has 0 unspecified atom stereocenters. The Morgan fingerprint density at radius 1 is 0.654 bits per heavy atom. The summed E-state index contributed by atoms with van der Waals surface area (Å²) in [4.78, 5) is 0. The quantitative estimate of drug-likeness (QED) is 0.459. The molecule has 3 aromatic carbocycles. The van der Waals surface area contributed by atoms with Crippen molar-refractivity contribution in [2.45, 2.75) is 13.3 Å². The average molecular weight is 342 g/mol. The Morgan fingerprint density at radius 3 is 1.65 bits per heavy atom. The Kier molecular flexibility index (Phi) is 6.15. The molecule has 3 aromatic rings. The van der Waals surface area contributed by atoms with Gasteiger partial charge < -0.3 is 0 Å². The number of nitrogens with one attached hydrogen (secondary N) is 2. The van der Waals surface area contributed by atoms with E-state index in [0.29, 0.717) is 6.42 Å². The fraction of sp³-hybridized carbons (Fsp3) is 0.0909. The molecular formula is C22H22N4. The van der Waals surface area contributed by atoms with Crippen LogP contribution in [0, 0.1) is 0 Å². The highest BCUT2D eigenvalue weighted by Crippen LogP contribution is 2.08. The molecule has 0 aromatic heterocycles. The molecule has 3 rings (SSSR count). The number of hydrogen-bond donors (Lipinski definition) is 2. The molecular weight excluding hydrogens is 320 g/mol. The molecule has 0 spiro atoms. The largest absolute Gasteiger partial charge is 0.278 e. The summed E-state index contributed by atoms with van der Waals surface area (Å²) < 4.78 is 0. The predicted octanol–water partition coefficient (Wildman–Crippen LogP) is 5.19. The van der Waals surface area contributed by atoms with Gasteiger partial charge in [0.2, 0.25) is 0 Å². The lowest BCUT2D eigenvalue weighted by molar-refractivity contribution is 1.25. The van der Waals surface area contributed by atoms with Gasteiger partial charge in [0.25, 0.3) is 0 Å². The van der Waals surface area contributed by atoms with Crippen LogP contribution >= 0.6 is 0 Å². The number of anilines is 2. The Labute approximate surface area is 154 Å². The highest BCUT2D eigenvalue weighted by molar-refractivity contribution is 6.42. The van der Waals surface area contributed by atoms with Gasteiger partial charge in [-0.3, -0.25) is 10.9 Å². The van der Waals surface area contributed by atoms with Gasteiger partial charge in [-0.1, -0.05) is 66.7 Å². The third-order valence-electron chi connectivity index (χ3n) is 3.85. The third kappa shape index (κ3) is 5.31. The summed E-state index contributed by atoms with van der Waals surface area (Å²) >= 11 is 0. The van der Waals surface area contributed by atoms with Gasteiger partial charge in [0.1, 0.15) is 0 Å². The summed E-state index contributed by atoms with van der Waals surface area (Å²) in [5, 5.41) is 9.10. The van der Waals surface area contributed by atoms with Crippen molar-refractivity contribution in [3.8, 4) is 0 Å². The lowest BCUT2D eigenvalue weighted by Crippen LogP contribution is -2.17. The SMILES string of the molecule is CC(=N\Nc1ccccc1)/C(Cc1ccccc1)=N/Nc1ccccc1. The number of rotatable bonds is 7. The van der Waals surface area contributed by atoms with Crippen LogP contribution in [0.4, 0.5) is 11.4 Å². The van der Waals surface area contributed by atoms with Crippen LogP contribution in [0.3, 0.4) is 0 Å². The molecule has 0 fully saturated rings. The van der Waals surface area contributed by atoms with Crippen molar-refractivity contribution < 1.29 is 0 Å². The lowest BCUT2D eigenvalue weighted by atomic mass is 10.1. The number of nitrogens with zero attached hydrogens (tertiary/aromatic N) is 2. The maximum atomic E-state index is 4.60. The first-order chi connectivity index (χ1) is 12.8. The van der Waals surface area contributed by atoms with Crippen LogP contribution in [0.2, 0.25) is 0 Å². The molecule has 0 amide bonds. The summed E-state index contributed by atoms with van der Waals surface area (Å²) in [7, 11) is 0. The van der Waals surface area contributed by atoms with Crippen LogP contribution in [0.5, 0.6) is 0 Å². The van der Waals surface area contributed by atoms with E-state index >= 15 is 0 Å². The second-order valence-corrected chi connectivity index (χ2v) is 5.87. The molecule has 4 heteroatoms. The van der Waals surface area contributed by atoms with Gasteiger partial charge in [0.15, 0.2) is 0 Å². The number of para-hydroxylation sites is 2. The fourth-order valence-corrected chi connectivity index (χ4v) is 2.41. The van der Waals surface area contributed by atoms with E-state index in [-0.39, 0.29) is 0 Å². The zero-order valence-electron chi connectivity index (χ0n) is 14.8. The van der Waals surface area contributed by atoms with Crippen molar-refractivity contribution in [3.63, 3.8) is 0 Å². The highest BCUT2D eigenvalue weighted by atomic mass is 15.3. The van der Waals surface area contributed by atoms with Crippen molar-refractivity contribution in [2.75, 3.05) is 10.9 Å². The highest BCUT2D eigenvalue weighted by Gasteiger charge is 2.07. The Hall–Kier alpha value is -3.40. The first kappa shape index (κ1) is 17.4. The molecule has 2 N–H and O–H groups in total. The molecule has 0 aliphatic heterocycles. The summed E-state index contributed by atoms with van der Waals surface area (Å²) in [5.74, 6) is 0. The summed E-state index contributed by atoms with van der Waals surface area (Å²) in [6, 6.07) is 30.1. The van der Waals surface area contributed by atoms with Gasteiger partial charge in [-0.2, -0.15) is 10.2 Å². The molecule has 0 heterocycles. The minimum atomic E-state index is 0.701. The number of hydrogen-bond acceptors (Lipinski definition) is 4. The van der Waals surface area contributed by atoms with Gasteiger partial charge in [-0.05, 0) is 36.8 Å². The zero-order valence-corrected chi connectivity index (χ0v) is 14.8. The Morgan fingerprint density at radius 2 is 1.12 bits per heavy atom. The summed E-state index contributed by atoms with van der Waals surface area (Å²) in [5.41, 5.74) is 11.0. The second-order valence-electron chi connectivity index (χ2n) is 5.87. The van der Waals surface area contributed by atoms with Crippen molar-refractivity contribution in [1.82, 2.24) is 0 Å². The van der Waals surface area contributed by atoms with Gasteiger partial charge in [-0.25, -0.2) is 0 Å². The Balaban J connectivity index is 1.79. The number of benzene rings is 3. The zero-order chi connectivity index (χ0) is 18.0. The van der Waals surface area contributed by atoms with Crippen molar-refractivity contribution >= 4 is 22.8 Å². The fourth-order valence-electron chi connectivity index (χ4n) is 2.41. The van der Waals surface area contributed by atoms with E-state index in [1.807, 2.05) is 85.8 Å². The monoisotopic (exact) mass is 342 g/mol. The van der Waals surface area contributed by atoms with Crippen LogP contribution in [0.15, 0.2) is 101 Å². The third-order valence-corrected chi connectivity index (χ3v) is 3.85. The van der Waals surface area contributed by atoms with E-state index in [0.717, 1.165) is 22.8 Å². The number of hydrazone groups is 2. The standard InChI is InChI=1S/C22H22N4/c1-18(23-24-20-13-7-3-8-14-20)22(17-19-11-5-2-6-12-19)26-25-21-15-9-4-10-16-21/h2-16,24-25H,17H2,1H3/b23-18+,26-22+. The van der Waals surface area contributed by atoms with E-state index in [1.165, 1.54) is 5.56 Å². The first-order valence-corrected chi connectivity index (χ1v) is 8.58. The van der Waals surface area contributed by atoms with Crippen LogP contribution in [-0.2, 0) is 6.42 Å². The second kappa shape index (κ2) is 9.18. The van der Waals surface area contributed by atoms with E-state index < -0.39 is 0 Å². The molecule has 0 aliphatic rings. The lowest BCUT2D eigenvalue weighted by Gasteiger charge is -2.09. The van der Waals surface area contributed by atoms with Crippen molar-refractivity contribution in [1.29, 1.82) is 0 Å². The maximum Gasteiger partial charge on any atom is 0.0880 e. The van der Waals surface area contributed by atoms with Crippen molar-refractivity contribution in [3.05, 3.63) is 96.6 Å². The van der Waals surface area contributed by atoms with E-state index in [2.05, 4.69) is 33.2 Å². The molecule has 0 radical (unpaired) electrons. The smallest absolute Gasteiger partial charge is 0.0880 e. The minimum absolute atomic E-state index is 0.701. The van der Waals surface area contributed by atoms with Crippen LogP contribution in [0.1, 0.15) is 12.5 Å². The molecule has 0 saturated carbocycles.